The highest BCUT2D eigenvalue weighted by atomic mass is 16.5. The molecule has 1 aromatic heterocycles. The van der Waals surface area contributed by atoms with Gasteiger partial charge in [0, 0.05) is 13.2 Å². The summed E-state index contributed by atoms with van der Waals surface area (Å²) in [7, 11) is 1.76. The topological polar surface area (TPSA) is 72.2 Å². The first-order chi connectivity index (χ1) is 9.22. The monoisotopic (exact) mass is 268 g/mol. The third kappa shape index (κ3) is 3.91. The summed E-state index contributed by atoms with van der Waals surface area (Å²) in [5.41, 5.74) is 0. The van der Waals surface area contributed by atoms with Crippen LogP contribution in [-0.4, -0.2) is 36.0 Å². The lowest BCUT2D eigenvalue weighted by molar-refractivity contribution is 0.108. The van der Waals surface area contributed by atoms with Gasteiger partial charge in [0.1, 0.15) is 0 Å². The Morgan fingerprint density at radius 3 is 2.95 bits per heavy atom. The molecule has 0 aromatic carbocycles. The smallest absolute Gasteiger partial charge is 0.315 e. The minimum atomic E-state index is 0.0956. The van der Waals surface area contributed by atoms with Crippen molar-refractivity contribution in [3.05, 3.63) is 5.89 Å². The molecule has 0 spiro atoms. The quantitative estimate of drug-likeness (QED) is 0.789. The van der Waals surface area contributed by atoms with Gasteiger partial charge in [0.25, 0.3) is 0 Å². The number of anilines is 1. The van der Waals surface area contributed by atoms with Crippen molar-refractivity contribution >= 4 is 6.01 Å². The maximum Gasteiger partial charge on any atom is 0.315 e. The molecule has 3 unspecified atom stereocenters. The molecule has 0 radical (unpaired) electrons. The second kappa shape index (κ2) is 6.86. The molecule has 1 aliphatic rings. The summed E-state index contributed by atoms with van der Waals surface area (Å²) in [5.74, 6) is 0.636. The summed E-state index contributed by atoms with van der Waals surface area (Å²) in [5, 5.41) is 14.7. The maximum atomic E-state index is 5.64. The van der Waals surface area contributed by atoms with E-state index in [1.54, 1.807) is 7.11 Å². The van der Waals surface area contributed by atoms with Crippen LogP contribution < -0.4 is 10.6 Å². The zero-order valence-electron chi connectivity index (χ0n) is 12.0. The molecule has 3 atom stereocenters. The lowest BCUT2D eigenvalue weighted by Gasteiger charge is -2.10. The standard InChI is InChI=1S/C13H24N4O2/c1-4-7-14-9(2)12-16-17-13(19-12)15-10-5-6-11(8-10)18-3/h9-11,14H,4-8H2,1-3H3,(H,15,17). The fourth-order valence-corrected chi connectivity index (χ4v) is 2.38. The van der Waals surface area contributed by atoms with Crippen LogP contribution in [0.3, 0.4) is 0 Å². The molecular weight excluding hydrogens is 244 g/mol. The Bertz CT molecular complexity index is 382. The summed E-state index contributed by atoms with van der Waals surface area (Å²) in [6, 6.07) is 0.984. The third-order valence-corrected chi connectivity index (χ3v) is 3.56. The van der Waals surface area contributed by atoms with E-state index < -0.39 is 0 Å². The summed E-state index contributed by atoms with van der Waals surface area (Å²) in [6.45, 7) is 5.11. The van der Waals surface area contributed by atoms with E-state index in [-0.39, 0.29) is 6.04 Å². The van der Waals surface area contributed by atoms with Gasteiger partial charge in [0.05, 0.1) is 12.1 Å². The molecule has 19 heavy (non-hydrogen) atoms. The van der Waals surface area contributed by atoms with E-state index in [4.69, 9.17) is 9.15 Å². The van der Waals surface area contributed by atoms with E-state index in [2.05, 4.69) is 27.8 Å². The molecule has 1 aliphatic carbocycles. The average Bonchev–Trinajstić information content (AvgIpc) is 3.05. The van der Waals surface area contributed by atoms with Crippen molar-refractivity contribution in [2.45, 2.75) is 57.7 Å². The Balaban J connectivity index is 1.84. The fourth-order valence-electron chi connectivity index (χ4n) is 2.38. The molecule has 2 N–H and O–H groups in total. The van der Waals surface area contributed by atoms with Crippen molar-refractivity contribution in [1.29, 1.82) is 0 Å². The van der Waals surface area contributed by atoms with Crippen molar-refractivity contribution in [2.24, 2.45) is 0 Å². The van der Waals surface area contributed by atoms with Gasteiger partial charge in [0.15, 0.2) is 0 Å². The van der Waals surface area contributed by atoms with Gasteiger partial charge in [-0.15, -0.1) is 5.10 Å². The highest BCUT2D eigenvalue weighted by Gasteiger charge is 2.25. The van der Waals surface area contributed by atoms with Crippen molar-refractivity contribution in [3.8, 4) is 0 Å². The number of rotatable bonds is 7. The Morgan fingerprint density at radius 1 is 1.42 bits per heavy atom. The molecule has 6 nitrogen and oxygen atoms in total. The van der Waals surface area contributed by atoms with Gasteiger partial charge in [0.2, 0.25) is 5.89 Å². The number of hydrogen-bond acceptors (Lipinski definition) is 6. The summed E-state index contributed by atoms with van der Waals surface area (Å²) in [6.07, 6.45) is 4.61. The van der Waals surface area contributed by atoms with Gasteiger partial charge >= 0.3 is 6.01 Å². The number of aromatic nitrogens is 2. The minimum absolute atomic E-state index is 0.0956. The Kier molecular flexibility index (Phi) is 5.15. The molecule has 1 heterocycles. The summed E-state index contributed by atoms with van der Waals surface area (Å²) < 4.78 is 11.0. The molecule has 1 aromatic rings. The molecule has 1 saturated carbocycles. The predicted octanol–water partition coefficient (Wildman–Crippen LogP) is 2.11. The van der Waals surface area contributed by atoms with E-state index in [1.165, 1.54) is 0 Å². The number of ether oxygens (including phenoxy) is 1. The van der Waals surface area contributed by atoms with Crippen LogP contribution in [0.25, 0.3) is 0 Å². The zero-order chi connectivity index (χ0) is 13.7. The second-order valence-electron chi connectivity index (χ2n) is 5.13. The van der Waals surface area contributed by atoms with Crippen LogP contribution in [-0.2, 0) is 4.74 Å². The number of methoxy groups -OCH3 is 1. The van der Waals surface area contributed by atoms with Crippen molar-refractivity contribution in [2.75, 3.05) is 19.0 Å². The lowest BCUT2D eigenvalue weighted by atomic mass is 10.2. The van der Waals surface area contributed by atoms with Gasteiger partial charge in [-0.05, 0) is 39.2 Å². The van der Waals surface area contributed by atoms with Gasteiger partial charge in [-0.2, -0.15) is 0 Å². The van der Waals surface area contributed by atoms with Crippen LogP contribution in [0.4, 0.5) is 6.01 Å². The lowest BCUT2D eigenvalue weighted by Crippen LogP contribution is -2.19. The molecule has 0 aliphatic heterocycles. The highest BCUT2D eigenvalue weighted by Crippen LogP contribution is 2.24. The molecule has 1 fully saturated rings. The van der Waals surface area contributed by atoms with Crippen LogP contribution in [0.5, 0.6) is 0 Å². The molecule has 108 valence electrons. The van der Waals surface area contributed by atoms with Crippen molar-refractivity contribution < 1.29 is 9.15 Å². The largest absolute Gasteiger partial charge is 0.406 e. The molecule has 0 saturated heterocycles. The first-order valence-electron chi connectivity index (χ1n) is 7.09. The second-order valence-corrected chi connectivity index (χ2v) is 5.13. The Morgan fingerprint density at radius 2 is 2.26 bits per heavy atom. The van der Waals surface area contributed by atoms with Gasteiger partial charge in [-0.3, -0.25) is 0 Å². The minimum Gasteiger partial charge on any atom is -0.406 e. The normalized spacial score (nSPS) is 24.6. The van der Waals surface area contributed by atoms with Crippen LogP contribution in [0.1, 0.15) is 51.5 Å². The van der Waals surface area contributed by atoms with E-state index in [1.807, 2.05) is 6.92 Å². The van der Waals surface area contributed by atoms with Crippen LogP contribution >= 0.6 is 0 Å². The van der Waals surface area contributed by atoms with E-state index >= 15 is 0 Å². The molecular formula is C13H24N4O2. The fraction of sp³-hybridized carbons (Fsp3) is 0.846. The Labute approximate surface area is 114 Å². The van der Waals surface area contributed by atoms with Crippen LogP contribution in [0.15, 0.2) is 4.42 Å². The van der Waals surface area contributed by atoms with Crippen molar-refractivity contribution in [1.82, 2.24) is 15.5 Å². The van der Waals surface area contributed by atoms with Crippen molar-refractivity contribution in [3.63, 3.8) is 0 Å². The number of hydrogen-bond donors (Lipinski definition) is 2. The zero-order valence-corrected chi connectivity index (χ0v) is 12.0. The molecule has 2 rings (SSSR count). The SMILES string of the molecule is CCCNC(C)c1nnc(NC2CCC(OC)C2)o1. The number of nitrogens with one attached hydrogen (secondary N) is 2. The molecule has 0 amide bonds. The summed E-state index contributed by atoms with van der Waals surface area (Å²) in [4.78, 5) is 0. The average molecular weight is 268 g/mol. The van der Waals surface area contributed by atoms with Gasteiger partial charge in [-0.25, -0.2) is 0 Å². The van der Waals surface area contributed by atoms with Gasteiger partial charge in [-0.1, -0.05) is 12.0 Å². The van der Waals surface area contributed by atoms with E-state index in [9.17, 15) is 0 Å². The first-order valence-corrected chi connectivity index (χ1v) is 7.09. The molecule has 6 heteroatoms. The maximum absolute atomic E-state index is 5.64. The Hall–Kier alpha value is -1.14. The number of nitrogens with zero attached hydrogens (tertiary/aromatic N) is 2. The third-order valence-electron chi connectivity index (χ3n) is 3.56. The summed E-state index contributed by atoms with van der Waals surface area (Å²) >= 11 is 0. The highest BCUT2D eigenvalue weighted by molar-refractivity contribution is 5.20. The van der Waals surface area contributed by atoms with Gasteiger partial charge < -0.3 is 19.8 Å². The first kappa shape index (κ1) is 14.3. The van der Waals surface area contributed by atoms with E-state index in [0.29, 0.717) is 24.1 Å². The molecule has 0 bridgehead atoms. The predicted molar refractivity (Wildman–Crippen MR) is 73.1 cm³/mol. The van der Waals surface area contributed by atoms with E-state index in [0.717, 1.165) is 32.2 Å². The van der Waals surface area contributed by atoms with Crippen LogP contribution in [0.2, 0.25) is 0 Å². The van der Waals surface area contributed by atoms with Crippen LogP contribution in [0, 0.1) is 0 Å².